The van der Waals surface area contributed by atoms with Gasteiger partial charge in [-0.2, -0.15) is 0 Å². The fraction of sp³-hybridized carbons (Fsp3) is 0.200. The Labute approximate surface area is 157 Å². The van der Waals surface area contributed by atoms with E-state index in [9.17, 15) is 14.0 Å². The molecular weight excluding hydrogens is 347 g/mol. The Morgan fingerprint density at radius 3 is 2.41 bits per heavy atom. The number of para-hydroxylation sites is 1. The molecule has 1 heterocycles. The molecule has 1 aliphatic rings. The number of urea groups is 1. The predicted molar refractivity (Wildman–Crippen MR) is 103 cm³/mol. The number of nitrogens with zero attached hydrogens (tertiary/aromatic N) is 1. The van der Waals surface area contributed by atoms with Crippen LogP contribution in [0.2, 0.25) is 0 Å². The lowest BCUT2D eigenvalue weighted by molar-refractivity contribution is -0.113. The highest BCUT2D eigenvalue weighted by atomic mass is 19.1. The monoisotopic (exact) mass is 368 g/mol. The van der Waals surface area contributed by atoms with Crippen LogP contribution in [0.4, 0.5) is 20.6 Å². The lowest BCUT2D eigenvalue weighted by Gasteiger charge is -2.29. The second-order valence-corrected chi connectivity index (χ2v) is 6.49. The average molecular weight is 368 g/mol. The van der Waals surface area contributed by atoms with Crippen LogP contribution in [-0.4, -0.2) is 26.0 Å². The first-order valence-corrected chi connectivity index (χ1v) is 8.48. The average Bonchev–Trinajstić information content (AvgIpc) is 2.63. The van der Waals surface area contributed by atoms with Gasteiger partial charge in [-0.05, 0) is 36.8 Å². The van der Waals surface area contributed by atoms with E-state index in [1.54, 1.807) is 19.1 Å². The van der Waals surface area contributed by atoms with E-state index in [4.69, 9.17) is 0 Å². The number of nitrogens with one attached hydrogen (secondary N) is 3. The van der Waals surface area contributed by atoms with Gasteiger partial charge in [0.1, 0.15) is 5.82 Å². The van der Waals surface area contributed by atoms with E-state index in [0.717, 1.165) is 11.3 Å². The first-order valence-electron chi connectivity index (χ1n) is 8.48. The van der Waals surface area contributed by atoms with Crippen molar-refractivity contribution in [2.24, 2.45) is 0 Å². The number of amides is 3. The highest BCUT2D eigenvalue weighted by Gasteiger charge is 2.31. The Morgan fingerprint density at radius 1 is 1.11 bits per heavy atom. The summed E-state index contributed by atoms with van der Waals surface area (Å²) in [4.78, 5) is 26.8. The smallest absolute Gasteiger partial charge is 0.319 e. The van der Waals surface area contributed by atoms with E-state index >= 15 is 0 Å². The van der Waals surface area contributed by atoms with Gasteiger partial charge in [0.2, 0.25) is 0 Å². The molecule has 3 rings (SSSR count). The molecule has 2 aromatic rings. The summed E-state index contributed by atoms with van der Waals surface area (Å²) in [5.74, 6) is -1.00. The number of benzene rings is 2. The quantitative estimate of drug-likeness (QED) is 0.776. The molecule has 0 fully saturated rings. The summed E-state index contributed by atoms with van der Waals surface area (Å²) >= 11 is 0. The van der Waals surface area contributed by atoms with Crippen molar-refractivity contribution in [2.75, 3.05) is 24.3 Å². The van der Waals surface area contributed by atoms with Crippen LogP contribution in [0.3, 0.4) is 0 Å². The number of anilines is 2. The van der Waals surface area contributed by atoms with E-state index in [1.165, 1.54) is 12.1 Å². The van der Waals surface area contributed by atoms with Gasteiger partial charge in [0.05, 0.1) is 17.3 Å². The van der Waals surface area contributed by atoms with Crippen LogP contribution in [0.25, 0.3) is 0 Å². The molecule has 0 saturated carbocycles. The van der Waals surface area contributed by atoms with Crippen molar-refractivity contribution in [3.8, 4) is 0 Å². The summed E-state index contributed by atoms with van der Waals surface area (Å²) in [7, 11) is 3.86. The maximum atomic E-state index is 13.9. The lowest BCUT2D eigenvalue weighted by atomic mass is 9.94. The fourth-order valence-electron chi connectivity index (χ4n) is 2.96. The third-order valence-electron chi connectivity index (χ3n) is 4.38. The maximum absolute atomic E-state index is 13.9. The van der Waals surface area contributed by atoms with Gasteiger partial charge in [-0.15, -0.1) is 0 Å². The Hall–Kier alpha value is -3.35. The number of halogens is 1. The molecule has 2 aromatic carbocycles. The molecule has 0 radical (unpaired) electrons. The van der Waals surface area contributed by atoms with Crippen molar-refractivity contribution in [1.82, 2.24) is 10.6 Å². The van der Waals surface area contributed by atoms with Gasteiger partial charge in [-0.25, -0.2) is 9.18 Å². The van der Waals surface area contributed by atoms with Crippen LogP contribution in [0.15, 0.2) is 59.8 Å². The molecule has 0 saturated heterocycles. The summed E-state index contributed by atoms with van der Waals surface area (Å²) in [6.07, 6.45) is 0. The van der Waals surface area contributed by atoms with Gasteiger partial charge in [-0.1, -0.05) is 24.3 Å². The van der Waals surface area contributed by atoms with Crippen LogP contribution in [-0.2, 0) is 4.79 Å². The molecule has 140 valence electrons. The summed E-state index contributed by atoms with van der Waals surface area (Å²) < 4.78 is 13.9. The predicted octanol–water partition coefficient (Wildman–Crippen LogP) is 3.16. The minimum Gasteiger partial charge on any atom is -0.378 e. The molecule has 7 heteroatoms. The molecule has 0 aliphatic carbocycles. The zero-order chi connectivity index (χ0) is 19.6. The number of hydrogen-bond acceptors (Lipinski definition) is 3. The van der Waals surface area contributed by atoms with Gasteiger partial charge in [-0.3, -0.25) is 4.79 Å². The minimum absolute atomic E-state index is 0.0846. The van der Waals surface area contributed by atoms with Crippen molar-refractivity contribution < 1.29 is 14.0 Å². The number of carbonyl (C=O) groups excluding carboxylic acids is 2. The third-order valence-corrected chi connectivity index (χ3v) is 4.38. The van der Waals surface area contributed by atoms with Crippen LogP contribution >= 0.6 is 0 Å². The van der Waals surface area contributed by atoms with E-state index in [0.29, 0.717) is 11.3 Å². The molecular formula is C20H21FN4O2. The van der Waals surface area contributed by atoms with Gasteiger partial charge in [0, 0.05) is 25.5 Å². The van der Waals surface area contributed by atoms with Crippen LogP contribution in [0.1, 0.15) is 18.5 Å². The van der Waals surface area contributed by atoms with E-state index < -0.39 is 23.8 Å². The number of allylic oxidation sites excluding steroid dienone is 1. The molecule has 6 nitrogen and oxygen atoms in total. The zero-order valence-electron chi connectivity index (χ0n) is 15.3. The first-order chi connectivity index (χ1) is 12.9. The van der Waals surface area contributed by atoms with Crippen molar-refractivity contribution in [1.29, 1.82) is 0 Å². The molecule has 1 unspecified atom stereocenters. The second kappa shape index (κ2) is 7.49. The Morgan fingerprint density at radius 2 is 1.78 bits per heavy atom. The standard InChI is InChI=1S/C20H21FN4O2/c1-12-17(19(26)23-16-7-5-4-6-15(16)21)18(24-20(27)22-12)13-8-10-14(11-9-13)25(2)3/h4-11,18H,1-3H3,(H,23,26)(H2,22,24,27). The third kappa shape index (κ3) is 3.92. The molecule has 27 heavy (non-hydrogen) atoms. The second-order valence-electron chi connectivity index (χ2n) is 6.49. The fourth-order valence-corrected chi connectivity index (χ4v) is 2.96. The number of rotatable bonds is 4. The Kier molecular flexibility index (Phi) is 5.12. The van der Waals surface area contributed by atoms with Crippen LogP contribution in [0, 0.1) is 5.82 Å². The molecule has 0 bridgehead atoms. The summed E-state index contributed by atoms with van der Waals surface area (Å²) in [6.45, 7) is 1.65. The van der Waals surface area contributed by atoms with Gasteiger partial charge in [0.15, 0.2) is 0 Å². The molecule has 3 amide bonds. The van der Waals surface area contributed by atoms with Gasteiger partial charge >= 0.3 is 6.03 Å². The van der Waals surface area contributed by atoms with Crippen molar-refractivity contribution in [3.63, 3.8) is 0 Å². The highest BCUT2D eigenvalue weighted by Crippen LogP contribution is 2.29. The number of hydrogen-bond donors (Lipinski definition) is 3. The number of carbonyl (C=O) groups is 2. The summed E-state index contributed by atoms with van der Waals surface area (Å²) in [6, 6.07) is 12.4. The van der Waals surface area contributed by atoms with E-state index in [2.05, 4.69) is 16.0 Å². The Balaban J connectivity index is 1.94. The minimum atomic E-state index is -0.637. The first kappa shape index (κ1) is 18.4. The van der Waals surface area contributed by atoms with Gasteiger partial charge < -0.3 is 20.9 Å². The molecule has 1 aliphatic heterocycles. The summed E-state index contributed by atoms with van der Waals surface area (Å²) in [5, 5.41) is 7.96. The van der Waals surface area contributed by atoms with Gasteiger partial charge in [0.25, 0.3) is 5.91 Å². The molecule has 0 spiro atoms. The van der Waals surface area contributed by atoms with Crippen LogP contribution in [0.5, 0.6) is 0 Å². The normalized spacial score (nSPS) is 16.4. The van der Waals surface area contributed by atoms with Crippen molar-refractivity contribution in [3.05, 3.63) is 71.2 Å². The molecule has 0 aromatic heterocycles. The Bertz CT molecular complexity index is 906. The zero-order valence-corrected chi connectivity index (χ0v) is 15.3. The maximum Gasteiger partial charge on any atom is 0.319 e. The van der Waals surface area contributed by atoms with Crippen LogP contribution < -0.4 is 20.9 Å². The largest absolute Gasteiger partial charge is 0.378 e. The van der Waals surface area contributed by atoms with E-state index in [-0.39, 0.29) is 5.69 Å². The lowest BCUT2D eigenvalue weighted by Crippen LogP contribution is -2.46. The van der Waals surface area contributed by atoms with Crippen molar-refractivity contribution in [2.45, 2.75) is 13.0 Å². The highest BCUT2D eigenvalue weighted by molar-refractivity contribution is 6.06. The van der Waals surface area contributed by atoms with Crippen molar-refractivity contribution >= 4 is 23.3 Å². The van der Waals surface area contributed by atoms with E-state index in [1.807, 2.05) is 43.3 Å². The molecule has 1 atom stereocenters. The SMILES string of the molecule is CC1=C(C(=O)Nc2ccccc2F)C(c2ccc(N(C)C)cc2)NC(=O)N1. The molecule has 3 N–H and O–H groups in total. The topological polar surface area (TPSA) is 73.5 Å². The summed E-state index contributed by atoms with van der Waals surface area (Å²) in [5.41, 5.74) is 2.59.